The zero-order valence-electron chi connectivity index (χ0n) is 15.9. The summed E-state index contributed by atoms with van der Waals surface area (Å²) in [6.07, 6.45) is 0.246. The Hall–Kier alpha value is -2.80. The number of carbonyl (C=O) groups excluding carboxylic acids is 1. The lowest BCUT2D eigenvalue weighted by Gasteiger charge is -2.10. The van der Waals surface area contributed by atoms with Crippen LogP contribution in [0.2, 0.25) is 5.02 Å². The van der Waals surface area contributed by atoms with Gasteiger partial charge in [-0.1, -0.05) is 60.1 Å². The minimum absolute atomic E-state index is 0.166. The second kappa shape index (κ2) is 9.34. The van der Waals surface area contributed by atoms with E-state index < -0.39 is 0 Å². The molecule has 0 aliphatic heterocycles. The summed E-state index contributed by atoms with van der Waals surface area (Å²) in [4.78, 5) is 16.8. The summed E-state index contributed by atoms with van der Waals surface area (Å²) >= 11 is 12.8. The Balaban J connectivity index is 1.29. The Morgan fingerprint density at radius 3 is 2.40 bits per heavy atom. The van der Waals surface area contributed by atoms with Crippen molar-refractivity contribution in [2.24, 2.45) is 0 Å². The maximum atomic E-state index is 12.1. The molecule has 1 aromatic heterocycles. The number of hydrogen-bond acceptors (Lipinski definition) is 4. The smallest absolute Gasteiger partial charge is 0.230 e. The van der Waals surface area contributed by atoms with Gasteiger partial charge < -0.3 is 10.6 Å². The molecule has 1 heterocycles. The summed E-state index contributed by atoms with van der Waals surface area (Å²) in [5.74, 6) is -0.166. The Bertz CT molecular complexity index is 1150. The van der Waals surface area contributed by atoms with Gasteiger partial charge in [-0.3, -0.25) is 4.79 Å². The van der Waals surface area contributed by atoms with Gasteiger partial charge in [0.25, 0.3) is 0 Å². The minimum Gasteiger partial charge on any atom is -0.358 e. The van der Waals surface area contributed by atoms with Crippen molar-refractivity contribution < 1.29 is 4.79 Å². The van der Waals surface area contributed by atoms with Gasteiger partial charge in [-0.15, -0.1) is 11.3 Å². The Kier molecular flexibility index (Phi) is 6.38. The van der Waals surface area contributed by atoms with Gasteiger partial charge in [0.15, 0.2) is 5.11 Å². The van der Waals surface area contributed by atoms with Crippen molar-refractivity contribution in [2.45, 2.75) is 13.0 Å². The number of hydrogen-bond donors (Lipinski definition) is 2. The molecule has 0 radical (unpaired) electrons. The molecular formula is C23H18ClN3OS2. The normalized spacial score (nSPS) is 10.7. The van der Waals surface area contributed by atoms with E-state index in [1.807, 2.05) is 42.5 Å². The fourth-order valence-electron chi connectivity index (χ4n) is 2.95. The van der Waals surface area contributed by atoms with E-state index in [0.717, 1.165) is 27.2 Å². The number of aromatic nitrogens is 1. The van der Waals surface area contributed by atoms with Crippen LogP contribution in [0.25, 0.3) is 20.8 Å². The summed E-state index contributed by atoms with van der Waals surface area (Å²) in [6.45, 7) is 0.528. The van der Waals surface area contributed by atoms with E-state index >= 15 is 0 Å². The molecule has 0 bridgehead atoms. The first kappa shape index (κ1) is 20.5. The van der Waals surface area contributed by atoms with Crippen LogP contribution in [0.5, 0.6) is 0 Å². The first-order chi connectivity index (χ1) is 14.6. The predicted octanol–water partition coefficient (Wildman–Crippen LogP) is 5.35. The van der Waals surface area contributed by atoms with E-state index in [-0.39, 0.29) is 12.3 Å². The quantitative estimate of drug-likeness (QED) is 0.401. The van der Waals surface area contributed by atoms with Gasteiger partial charge >= 0.3 is 0 Å². The van der Waals surface area contributed by atoms with Crippen molar-refractivity contribution in [1.82, 2.24) is 15.6 Å². The summed E-state index contributed by atoms with van der Waals surface area (Å²) in [6, 6.07) is 23.5. The standard InChI is InChI=1S/C23H18ClN3OS2/c24-18-11-7-15(8-12-18)13-21(28)27-23(29)25-14-16-5-9-17(10-6-16)22-26-19-3-1-2-4-20(19)30-22/h1-12H,13-14H2,(H2,25,27,28,29). The fourth-order valence-corrected chi connectivity index (χ4v) is 4.23. The number of rotatable bonds is 5. The van der Waals surface area contributed by atoms with Crippen molar-refractivity contribution >= 4 is 56.4 Å². The van der Waals surface area contributed by atoms with Gasteiger partial charge in [0, 0.05) is 17.1 Å². The minimum atomic E-state index is -0.166. The molecule has 0 saturated carbocycles. The zero-order valence-corrected chi connectivity index (χ0v) is 18.3. The molecule has 30 heavy (non-hydrogen) atoms. The number of amides is 1. The van der Waals surface area contributed by atoms with Crippen LogP contribution in [0.1, 0.15) is 11.1 Å². The molecule has 7 heteroatoms. The number of carbonyl (C=O) groups is 1. The van der Waals surface area contributed by atoms with E-state index in [2.05, 4.69) is 33.8 Å². The molecule has 0 fully saturated rings. The Morgan fingerprint density at radius 2 is 1.67 bits per heavy atom. The molecule has 4 aromatic rings. The molecule has 0 atom stereocenters. The van der Waals surface area contributed by atoms with Gasteiger partial charge in [0.2, 0.25) is 5.91 Å². The zero-order chi connectivity index (χ0) is 20.9. The molecule has 0 spiro atoms. The van der Waals surface area contributed by atoms with Crippen LogP contribution >= 0.6 is 35.2 Å². The third kappa shape index (κ3) is 5.21. The number of para-hydroxylation sites is 1. The maximum Gasteiger partial charge on any atom is 0.230 e. The lowest BCUT2D eigenvalue weighted by molar-refractivity contribution is -0.119. The van der Waals surface area contributed by atoms with E-state index in [9.17, 15) is 4.79 Å². The van der Waals surface area contributed by atoms with Gasteiger partial charge in [0.05, 0.1) is 16.6 Å². The van der Waals surface area contributed by atoms with E-state index in [1.54, 1.807) is 23.5 Å². The summed E-state index contributed by atoms with van der Waals surface area (Å²) in [7, 11) is 0. The number of thiazole rings is 1. The highest BCUT2D eigenvalue weighted by atomic mass is 35.5. The van der Waals surface area contributed by atoms with Crippen LogP contribution in [0.15, 0.2) is 72.8 Å². The van der Waals surface area contributed by atoms with Crippen LogP contribution < -0.4 is 10.6 Å². The summed E-state index contributed by atoms with van der Waals surface area (Å²) < 4.78 is 1.18. The van der Waals surface area contributed by atoms with E-state index in [4.69, 9.17) is 23.8 Å². The largest absolute Gasteiger partial charge is 0.358 e. The van der Waals surface area contributed by atoms with Crippen molar-refractivity contribution in [3.05, 3.63) is 88.9 Å². The van der Waals surface area contributed by atoms with Gasteiger partial charge in [0.1, 0.15) is 5.01 Å². The van der Waals surface area contributed by atoms with Crippen LogP contribution in [-0.4, -0.2) is 16.0 Å². The van der Waals surface area contributed by atoms with E-state index in [0.29, 0.717) is 16.7 Å². The SMILES string of the molecule is O=C(Cc1ccc(Cl)cc1)NC(=S)NCc1ccc(-c2nc3ccccc3s2)cc1. The van der Waals surface area contributed by atoms with Crippen molar-refractivity contribution in [1.29, 1.82) is 0 Å². The Labute approximate surface area is 188 Å². The molecule has 0 aliphatic rings. The molecule has 3 aromatic carbocycles. The monoisotopic (exact) mass is 451 g/mol. The number of nitrogens with one attached hydrogen (secondary N) is 2. The van der Waals surface area contributed by atoms with Crippen molar-refractivity contribution in [3.63, 3.8) is 0 Å². The first-order valence-electron chi connectivity index (χ1n) is 9.34. The number of fused-ring (bicyclic) bond motifs is 1. The second-order valence-corrected chi connectivity index (χ2v) is 8.59. The predicted molar refractivity (Wildman–Crippen MR) is 128 cm³/mol. The van der Waals surface area contributed by atoms with Crippen LogP contribution in [-0.2, 0) is 17.8 Å². The number of benzene rings is 3. The summed E-state index contributed by atoms with van der Waals surface area (Å²) in [5, 5.41) is 7.73. The van der Waals surface area contributed by atoms with Crippen LogP contribution in [0.3, 0.4) is 0 Å². The molecule has 4 rings (SSSR count). The molecular weight excluding hydrogens is 434 g/mol. The third-order valence-corrected chi connectivity index (χ3v) is 6.06. The number of nitrogens with zero attached hydrogens (tertiary/aromatic N) is 1. The molecule has 4 nitrogen and oxygen atoms in total. The van der Waals surface area contributed by atoms with Crippen molar-refractivity contribution in [2.75, 3.05) is 0 Å². The topological polar surface area (TPSA) is 54.0 Å². The number of halogens is 1. The van der Waals surface area contributed by atoms with Gasteiger partial charge in [-0.2, -0.15) is 0 Å². The molecule has 150 valence electrons. The highest BCUT2D eigenvalue weighted by Gasteiger charge is 2.08. The molecule has 0 aliphatic carbocycles. The fraction of sp³-hybridized carbons (Fsp3) is 0.0870. The van der Waals surface area contributed by atoms with Crippen molar-refractivity contribution in [3.8, 4) is 10.6 Å². The molecule has 0 unspecified atom stereocenters. The van der Waals surface area contributed by atoms with Crippen LogP contribution in [0, 0.1) is 0 Å². The average molecular weight is 452 g/mol. The average Bonchev–Trinajstić information content (AvgIpc) is 3.18. The Morgan fingerprint density at radius 1 is 0.967 bits per heavy atom. The molecule has 1 amide bonds. The number of thiocarbonyl (C=S) groups is 1. The summed E-state index contributed by atoms with van der Waals surface area (Å²) in [5.41, 5.74) is 4.04. The molecule has 0 saturated heterocycles. The lowest BCUT2D eigenvalue weighted by atomic mass is 10.1. The van der Waals surface area contributed by atoms with Gasteiger partial charge in [-0.25, -0.2) is 4.98 Å². The van der Waals surface area contributed by atoms with E-state index in [1.165, 1.54) is 4.70 Å². The van der Waals surface area contributed by atoms with Gasteiger partial charge in [-0.05, 0) is 47.6 Å². The first-order valence-corrected chi connectivity index (χ1v) is 10.9. The maximum absolute atomic E-state index is 12.1. The second-order valence-electron chi connectivity index (χ2n) is 6.72. The highest BCUT2D eigenvalue weighted by Crippen LogP contribution is 2.29. The molecule has 2 N–H and O–H groups in total. The third-order valence-electron chi connectivity index (χ3n) is 4.48. The van der Waals surface area contributed by atoms with Crippen LogP contribution in [0.4, 0.5) is 0 Å². The highest BCUT2D eigenvalue weighted by molar-refractivity contribution is 7.80. The lowest BCUT2D eigenvalue weighted by Crippen LogP contribution is -2.39.